The molecule has 0 N–H and O–H groups in total. The summed E-state index contributed by atoms with van der Waals surface area (Å²) in [5, 5.41) is 6.56. The molecule has 5 rings (SSSR count). The molecule has 2 aliphatic rings. The van der Waals surface area contributed by atoms with E-state index in [0.29, 0.717) is 18.9 Å². The number of piperidine rings is 1. The fraction of sp³-hybridized carbons (Fsp3) is 0.333. The molecule has 2 aliphatic heterocycles. The summed E-state index contributed by atoms with van der Waals surface area (Å²) in [6.07, 6.45) is 4.09. The maximum Gasteiger partial charge on any atom is 0.257 e. The lowest BCUT2D eigenvalue weighted by molar-refractivity contribution is -0.134. The number of hydrogen-bond acceptors (Lipinski definition) is 4. The zero-order chi connectivity index (χ0) is 24.0. The Kier molecular flexibility index (Phi) is 7.24. The molecule has 0 bridgehead atoms. The molecule has 0 radical (unpaired) electrons. The lowest BCUT2D eigenvalue weighted by atomic mass is 9.90. The molecule has 3 aromatic rings. The van der Waals surface area contributed by atoms with Crippen molar-refractivity contribution in [3.63, 3.8) is 0 Å². The molecule has 2 heterocycles. The largest absolute Gasteiger partial charge is 0.497 e. The highest BCUT2D eigenvalue weighted by Gasteiger charge is 2.34. The Bertz CT molecular complexity index is 1140. The number of ether oxygens (including phenoxy) is 1. The zero-order valence-electron chi connectivity index (χ0n) is 20.3. The van der Waals surface area contributed by atoms with Crippen molar-refractivity contribution in [3.05, 3.63) is 102 Å². The van der Waals surface area contributed by atoms with E-state index < -0.39 is 0 Å². The highest BCUT2D eigenvalue weighted by molar-refractivity contribution is 6.03. The van der Waals surface area contributed by atoms with Gasteiger partial charge in [0.15, 0.2) is 0 Å². The first kappa shape index (κ1) is 23.3. The van der Waals surface area contributed by atoms with Crippen LogP contribution in [0.3, 0.4) is 0 Å². The molecule has 1 amide bonds. The van der Waals surface area contributed by atoms with Gasteiger partial charge in [-0.2, -0.15) is 5.10 Å². The predicted molar refractivity (Wildman–Crippen MR) is 139 cm³/mol. The molecule has 0 saturated carbocycles. The van der Waals surface area contributed by atoms with E-state index >= 15 is 0 Å². The van der Waals surface area contributed by atoms with Gasteiger partial charge >= 0.3 is 0 Å². The van der Waals surface area contributed by atoms with Crippen LogP contribution in [0.25, 0.3) is 0 Å². The first-order valence-corrected chi connectivity index (χ1v) is 12.5. The number of benzene rings is 3. The summed E-state index contributed by atoms with van der Waals surface area (Å²) in [6.45, 7) is 2.33. The molecule has 180 valence electrons. The number of carbonyl (C=O) groups is 1. The molecule has 1 saturated heterocycles. The number of carbonyl (C=O) groups excluding carboxylic acids is 1. The molecule has 5 heteroatoms. The lowest BCUT2D eigenvalue weighted by Gasteiger charge is -2.33. The smallest absolute Gasteiger partial charge is 0.257 e. The third-order valence-corrected chi connectivity index (χ3v) is 7.21. The minimum Gasteiger partial charge on any atom is -0.497 e. The average Bonchev–Trinajstić information content (AvgIpc) is 3.37. The molecular weight excluding hydrogens is 434 g/mol. The van der Waals surface area contributed by atoms with Gasteiger partial charge in [-0.15, -0.1) is 0 Å². The van der Waals surface area contributed by atoms with E-state index in [4.69, 9.17) is 9.84 Å². The molecular formula is C30H33N3O2. The number of nitrogens with zero attached hydrogens (tertiary/aromatic N) is 3. The lowest BCUT2D eigenvalue weighted by Crippen LogP contribution is -2.42. The summed E-state index contributed by atoms with van der Waals surface area (Å²) in [6, 6.07) is 28.8. The van der Waals surface area contributed by atoms with Gasteiger partial charge in [-0.3, -0.25) is 9.69 Å². The Balaban J connectivity index is 1.26. The van der Waals surface area contributed by atoms with Gasteiger partial charge < -0.3 is 4.74 Å². The Morgan fingerprint density at radius 2 is 1.57 bits per heavy atom. The number of likely N-dealkylation sites (tertiary alicyclic amines) is 1. The number of hydrazone groups is 1. The molecule has 1 atom stereocenters. The summed E-state index contributed by atoms with van der Waals surface area (Å²) >= 11 is 0. The molecule has 5 nitrogen and oxygen atoms in total. The van der Waals surface area contributed by atoms with Gasteiger partial charge in [0.05, 0.1) is 25.4 Å². The van der Waals surface area contributed by atoms with E-state index in [-0.39, 0.29) is 11.9 Å². The van der Waals surface area contributed by atoms with E-state index in [1.807, 2.05) is 42.5 Å². The molecule has 1 fully saturated rings. The van der Waals surface area contributed by atoms with Gasteiger partial charge in [0, 0.05) is 6.42 Å². The Labute approximate surface area is 208 Å². The van der Waals surface area contributed by atoms with Crippen LogP contribution in [0.4, 0.5) is 0 Å². The maximum absolute atomic E-state index is 13.5. The number of hydrogen-bond donors (Lipinski definition) is 0. The monoisotopic (exact) mass is 467 g/mol. The van der Waals surface area contributed by atoms with Crippen LogP contribution in [0.1, 0.15) is 42.0 Å². The van der Waals surface area contributed by atoms with Crippen molar-refractivity contribution in [2.75, 3.05) is 26.7 Å². The quantitative estimate of drug-likeness (QED) is 0.472. The fourth-order valence-electron chi connectivity index (χ4n) is 5.19. The van der Waals surface area contributed by atoms with E-state index in [1.54, 1.807) is 12.1 Å². The topological polar surface area (TPSA) is 45.1 Å². The van der Waals surface area contributed by atoms with Crippen LogP contribution in [0.2, 0.25) is 0 Å². The zero-order valence-corrected chi connectivity index (χ0v) is 20.3. The van der Waals surface area contributed by atoms with Gasteiger partial charge in [0.2, 0.25) is 0 Å². The summed E-state index contributed by atoms with van der Waals surface area (Å²) < 4.78 is 5.33. The van der Waals surface area contributed by atoms with E-state index in [0.717, 1.165) is 54.9 Å². The van der Waals surface area contributed by atoms with Crippen LogP contribution in [0.15, 0.2) is 90.0 Å². The maximum atomic E-state index is 13.5. The Hall–Kier alpha value is -3.44. The van der Waals surface area contributed by atoms with Crippen molar-refractivity contribution >= 4 is 11.6 Å². The van der Waals surface area contributed by atoms with E-state index in [9.17, 15) is 4.79 Å². The molecule has 35 heavy (non-hydrogen) atoms. The van der Waals surface area contributed by atoms with Crippen LogP contribution in [0, 0.1) is 5.92 Å². The molecule has 3 aromatic carbocycles. The summed E-state index contributed by atoms with van der Waals surface area (Å²) in [5.41, 5.74) is 4.52. The van der Waals surface area contributed by atoms with Crippen molar-refractivity contribution in [1.82, 2.24) is 9.91 Å². The number of rotatable bonds is 7. The summed E-state index contributed by atoms with van der Waals surface area (Å²) in [4.78, 5) is 15.8. The Morgan fingerprint density at radius 3 is 2.23 bits per heavy atom. The van der Waals surface area contributed by atoms with Gasteiger partial charge in [-0.25, -0.2) is 5.01 Å². The fourth-order valence-corrected chi connectivity index (χ4v) is 5.19. The number of amides is 1. The van der Waals surface area contributed by atoms with Crippen molar-refractivity contribution in [2.45, 2.75) is 31.7 Å². The second kappa shape index (κ2) is 10.9. The molecule has 0 spiro atoms. The highest BCUT2D eigenvalue weighted by atomic mass is 16.5. The Morgan fingerprint density at radius 1 is 0.914 bits per heavy atom. The first-order valence-electron chi connectivity index (χ1n) is 12.5. The standard InChI is InChI=1S/C30H33N3O2/c1-35-27-14-12-26(13-15-27)29-21-28(25-10-6-3-7-11-25)31-33(29)30(34)22-32-18-16-24(17-19-32)20-23-8-4-2-5-9-23/h2-15,24,29H,16-22H2,1H3. The predicted octanol–water partition coefficient (Wildman–Crippen LogP) is 5.33. The van der Waals surface area contributed by atoms with Gasteiger partial charge in [0.25, 0.3) is 5.91 Å². The summed E-state index contributed by atoms with van der Waals surface area (Å²) in [7, 11) is 1.67. The van der Waals surface area contributed by atoms with Crippen LogP contribution < -0.4 is 4.74 Å². The normalized spacial score (nSPS) is 18.9. The van der Waals surface area contributed by atoms with E-state index in [1.165, 1.54) is 5.56 Å². The van der Waals surface area contributed by atoms with Gasteiger partial charge in [-0.1, -0.05) is 72.8 Å². The average molecular weight is 468 g/mol. The van der Waals surface area contributed by atoms with Crippen molar-refractivity contribution in [3.8, 4) is 5.75 Å². The van der Waals surface area contributed by atoms with Crippen molar-refractivity contribution in [1.29, 1.82) is 0 Å². The molecule has 0 aromatic heterocycles. The van der Waals surface area contributed by atoms with Crippen LogP contribution >= 0.6 is 0 Å². The number of methoxy groups -OCH3 is 1. The molecule has 1 unspecified atom stereocenters. The molecule has 0 aliphatic carbocycles. The van der Waals surface area contributed by atoms with Crippen molar-refractivity contribution in [2.24, 2.45) is 11.0 Å². The summed E-state index contributed by atoms with van der Waals surface area (Å²) in [5.74, 6) is 1.57. The third-order valence-electron chi connectivity index (χ3n) is 7.21. The van der Waals surface area contributed by atoms with Crippen LogP contribution in [-0.2, 0) is 11.2 Å². The second-order valence-electron chi connectivity index (χ2n) is 9.55. The van der Waals surface area contributed by atoms with E-state index in [2.05, 4.69) is 47.4 Å². The van der Waals surface area contributed by atoms with Gasteiger partial charge in [-0.05, 0) is 67.1 Å². The van der Waals surface area contributed by atoms with Crippen molar-refractivity contribution < 1.29 is 9.53 Å². The SMILES string of the molecule is COc1ccc(C2CC(c3ccccc3)=NN2C(=O)CN2CCC(Cc3ccccc3)CC2)cc1. The van der Waals surface area contributed by atoms with Gasteiger partial charge in [0.1, 0.15) is 5.75 Å². The minimum atomic E-state index is -0.0979. The van der Waals surface area contributed by atoms with Crippen LogP contribution in [-0.4, -0.2) is 48.3 Å². The highest BCUT2D eigenvalue weighted by Crippen LogP contribution is 2.34. The minimum absolute atomic E-state index is 0.0678. The first-order chi connectivity index (χ1) is 17.2. The van der Waals surface area contributed by atoms with Crippen LogP contribution in [0.5, 0.6) is 5.75 Å². The third kappa shape index (κ3) is 5.63. The second-order valence-corrected chi connectivity index (χ2v) is 9.55.